The Morgan fingerprint density at radius 1 is 1.08 bits per heavy atom. The van der Waals surface area contributed by atoms with Crippen molar-refractivity contribution in [3.05, 3.63) is 71.9 Å². The van der Waals surface area contributed by atoms with E-state index in [1.54, 1.807) is 0 Å². The van der Waals surface area contributed by atoms with Gasteiger partial charge in [-0.3, -0.25) is 4.79 Å². The molecule has 0 unspecified atom stereocenters. The Kier molecular flexibility index (Phi) is 4.22. The summed E-state index contributed by atoms with van der Waals surface area (Å²) in [4.78, 5) is 16.0. The van der Waals surface area contributed by atoms with Crippen LogP contribution in [0.15, 0.2) is 54.9 Å². The number of pyridine rings is 1. The number of nitrogens with one attached hydrogen (secondary N) is 1. The van der Waals surface area contributed by atoms with Crippen LogP contribution >= 0.6 is 0 Å². The normalized spacial score (nSPS) is 11.4. The summed E-state index contributed by atoms with van der Waals surface area (Å²) in [5.41, 5.74) is -2.26. The molecule has 0 atom stereocenters. The molecule has 0 fully saturated rings. The van der Waals surface area contributed by atoms with Crippen LogP contribution in [0, 0.1) is 5.82 Å². The van der Waals surface area contributed by atoms with E-state index in [0.717, 1.165) is 12.3 Å². The molecule has 1 N–H and O–H groups in total. The number of nitrogens with zero attached hydrogens (tertiary/aromatic N) is 3. The highest BCUT2D eigenvalue weighted by molar-refractivity contribution is 6.05. The molecule has 0 aliphatic heterocycles. The lowest BCUT2D eigenvalue weighted by atomic mass is 10.2. The Morgan fingerprint density at radius 3 is 2.44 bits per heavy atom. The molecule has 0 spiro atoms. The SMILES string of the molecule is O=C(Nc1ccccc1F)c1cnn(-c2ccccn2)c1C(F)(F)F. The Morgan fingerprint density at radius 2 is 1.80 bits per heavy atom. The molecule has 3 rings (SSSR count). The first-order valence-electron chi connectivity index (χ1n) is 7.00. The molecule has 2 aromatic heterocycles. The zero-order valence-electron chi connectivity index (χ0n) is 12.5. The average Bonchev–Trinajstić information content (AvgIpc) is 3.03. The lowest BCUT2D eigenvalue weighted by molar-refractivity contribution is -0.143. The molecule has 0 aliphatic rings. The van der Waals surface area contributed by atoms with E-state index in [-0.39, 0.29) is 11.5 Å². The van der Waals surface area contributed by atoms with Crippen LogP contribution in [0.4, 0.5) is 23.2 Å². The van der Waals surface area contributed by atoms with Crippen molar-refractivity contribution in [3.63, 3.8) is 0 Å². The Hall–Kier alpha value is -3.23. The number of alkyl halides is 3. The molecule has 0 saturated heterocycles. The molecule has 0 radical (unpaired) electrons. The first kappa shape index (κ1) is 16.6. The molecule has 1 amide bonds. The van der Waals surface area contributed by atoms with Gasteiger partial charge in [-0.1, -0.05) is 18.2 Å². The summed E-state index contributed by atoms with van der Waals surface area (Å²) in [7, 11) is 0. The van der Waals surface area contributed by atoms with Crippen molar-refractivity contribution in [1.82, 2.24) is 14.8 Å². The average molecular weight is 350 g/mol. The molecule has 0 saturated carbocycles. The number of aromatic nitrogens is 3. The second-order valence-electron chi connectivity index (χ2n) is 4.94. The van der Waals surface area contributed by atoms with Gasteiger partial charge in [0.2, 0.25) is 0 Å². The van der Waals surface area contributed by atoms with Gasteiger partial charge in [0.05, 0.1) is 17.4 Å². The maximum absolute atomic E-state index is 13.6. The van der Waals surface area contributed by atoms with E-state index in [1.807, 2.05) is 0 Å². The minimum Gasteiger partial charge on any atom is -0.319 e. The van der Waals surface area contributed by atoms with Crippen LogP contribution in [0.5, 0.6) is 0 Å². The third kappa shape index (κ3) is 3.35. The summed E-state index contributed by atoms with van der Waals surface area (Å²) in [5.74, 6) is -1.99. The number of hydrogen-bond donors (Lipinski definition) is 1. The maximum Gasteiger partial charge on any atom is 0.434 e. The van der Waals surface area contributed by atoms with Gasteiger partial charge < -0.3 is 5.32 Å². The molecule has 5 nitrogen and oxygen atoms in total. The van der Waals surface area contributed by atoms with Crippen molar-refractivity contribution in [2.75, 3.05) is 5.32 Å². The van der Waals surface area contributed by atoms with E-state index < -0.39 is 29.2 Å². The summed E-state index contributed by atoms with van der Waals surface area (Å²) in [5, 5.41) is 5.73. The number of benzene rings is 1. The largest absolute Gasteiger partial charge is 0.434 e. The zero-order chi connectivity index (χ0) is 18.0. The van der Waals surface area contributed by atoms with Gasteiger partial charge in [0.1, 0.15) is 5.82 Å². The van der Waals surface area contributed by atoms with Gasteiger partial charge in [0, 0.05) is 6.20 Å². The second kappa shape index (κ2) is 6.34. The third-order valence-corrected chi connectivity index (χ3v) is 3.27. The number of anilines is 1. The van der Waals surface area contributed by atoms with Gasteiger partial charge >= 0.3 is 6.18 Å². The van der Waals surface area contributed by atoms with Gasteiger partial charge in [0.25, 0.3) is 5.91 Å². The molecular formula is C16H10F4N4O. The topological polar surface area (TPSA) is 59.8 Å². The van der Waals surface area contributed by atoms with E-state index in [0.29, 0.717) is 4.68 Å². The summed E-state index contributed by atoms with van der Waals surface area (Å²) >= 11 is 0. The standard InChI is InChI=1S/C16H10F4N4O/c17-11-5-1-2-6-12(11)23-15(25)10-9-22-24(14(10)16(18,19)20)13-7-3-4-8-21-13/h1-9H,(H,23,25). The molecule has 9 heteroatoms. The van der Waals surface area contributed by atoms with E-state index in [4.69, 9.17) is 0 Å². The molecule has 1 aromatic carbocycles. The fourth-order valence-electron chi connectivity index (χ4n) is 2.19. The van der Waals surface area contributed by atoms with Gasteiger partial charge in [-0.15, -0.1) is 0 Å². The number of carbonyl (C=O) groups excluding carboxylic acids is 1. The molecule has 2 heterocycles. The molecule has 0 aliphatic carbocycles. The monoisotopic (exact) mass is 350 g/mol. The van der Waals surface area contributed by atoms with Crippen molar-refractivity contribution in [2.24, 2.45) is 0 Å². The van der Waals surface area contributed by atoms with E-state index >= 15 is 0 Å². The summed E-state index contributed by atoms with van der Waals surface area (Å²) in [6.07, 6.45) is -2.79. The third-order valence-electron chi connectivity index (χ3n) is 3.27. The maximum atomic E-state index is 13.6. The van der Waals surface area contributed by atoms with Crippen molar-refractivity contribution < 1.29 is 22.4 Å². The number of carbonyl (C=O) groups is 1. The summed E-state index contributed by atoms with van der Waals surface area (Å²) in [6.45, 7) is 0. The Balaban J connectivity index is 2.04. The first-order chi connectivity index (χ1) is 11.9. The fourth-order valence-corrected chi connectivity index (χ4v) is 2.19. The first-order valence-corrected chi connectivity index (χ1v) is 7.00. The number of hydrogen-bond acceptors (Lipinski definition) is 3. The van der Waals surface area contributed by atoms with Crippen LogP contribution in [0.3, 0.4) is 0 Å². The Bertz CT molecular complexity index is 906. The molecule has 25 heavy (non-hydrogen) atoms. The molecule has 128 valence electrons. The predicted octanol–water partition coefficient (Wildman–Crippen LogP) is 3.68. The van der Waals surface area contributed by atoms with Gasteiger partial charge in [-0.2, -0.15) is 18.3 Å². The van der Waals surface area contributed by atoms with Crippen LogP contribution in [0.25, 0.3) is 5.82 Å². The highest BCUT2D eigenvalue weighted by Crippen LogP contribution is 2.33. The highest BCUT2D eigenvalue weighted by Gasteiger charge is 2.41. The number of para-hydroxylation sites is 1. The van der Waals surface area contributed by atoms with Crippen LogP contribution in [0.2, 0.25) is 0 Å². The van der Waals surface area contributed by atoms with Gasteiger partial charge in [-0.25, -0.2) is 14.1 Å². The van der Waals surface area contributed by atoms with Crippen molar-refractivity contribution in [1.29, 1.82) is 0 Å². The summed E-state index contributed by atoms with van der Waals surface area (Å²) in [6, 6.07) is 9.50. The van der Waals surface area contributed by atoms with Crippen molar-refractivity contribution >= 4 is 11.6 Å². The Labute approximate surface area is 138 Å². The molecule has 0 bridgehead atoms. The van der Waals surface area contributed by atoms with Gasteiger partial charge in [-0.05, 0) is 24.3 Å². The molecular weight excluding hydrogens is 340 g/mol. The van der Waals surface area contributed by atoms with Crippen molar-refractivity contribution in [2.45, 2.75) is 6.18 Å². The van der Waals surface area contributed by atoms with Crippen LogP contribution < -0.4 is 5.32 Å². The zero-order valence-corrected chi connectivity index (χ0v) is 12.5. The second-order valence-corrected chi connectivity index (χ2v) is 4.94. The van der Waals surface area contributed by atoms with E-state index in [9.17, 15) is 22.4 Å². The number of halogens is 4. The van der Waals surface area contributed by atoms with Gasteiger partial charge in [0.15, 0.2) is 11.5 Å². The lowest BCUT2D eigenvalue weighted by Gasteiger charge is -2.12. The van der Waals surface area contributed by atoms with Crippen molar-refractivity contribution in [3.8, 4) is 5.82 Å². The smallest absolute Gasteiger partial charge is 0.319 e. The molecule has 3 aromatic rings. The quantitative estimate of drug-likeness (QED) is 0.733. The lowest BCUT2D eigenvalue weighted by Crippen LogP contribution is -2.21. The fraction of sp³-hybridized carbons (Fsp3) is 0.0625. The number of amides is 1. The van der Waals surface area contributed by atoms with E-state index in [2.05, 4.69) is 15.4 Å². The van der Waals surface area contributed by atoms with E-state index in [1.165, 1.54) is 42.6 Å². The van der Waals surface area contributed by atoms with Crippen LogP contribution in [-0.4, -0.2) is 20.7 Å². The number of rotatable bonds is 3. The minimum atomic E-state index is -4.87. The minimum absolute atomic E-state index is 0.0974. The summed E-state index contributed by atoms with van der Waals surface area (Å²) < 4.78 is 54.5. The van der Waals surface area contributed by atoms with Crippen LogP contribution in [-0.2, 0) is 6.18 Å². The highest BCUT2D eigenvalue weighted by atomic mass is 19.4. The predicted molar refractivity (Wildman–Crippen MR) is 80.7 cm³/mol. The van der Waals surface area contributed by atoms with Crippen LogP contribution in [0.1, 0.15) is 16.1 Å².